The molecule has 0 aromatic carbocycles. The molecule has 9 nitrogen and oxygen atoms in total. The third-order valence-corrected chi connectivity index (χ3v) is 9.34. The van der Waals surface area contributed by atoms with Gasteiger partial charge < -0.3 is 39.4 Å². The molecule has 50 heavy (non-hydrogen) atoms. The van der Waals surface area contributed by atoms with Crippen molar-refractivity contribution in [1.29, 1.82) is 0 Å². The second-order valence-electron chi connectivity index (χ2n) is 14.1. The summed E-state index contributed by atoms with van der Waals surface area (Å²) >= 11 is 0. The van der Waals surface area contributed by atoms with Crippen LogP contribution in [0.1, 0.15) is 168 Å². The number of carbonyl (C=O) groups is 1. The number of unbranched alkanes of at least 4 members (excludes halogenated alkanes) is 19. The van der Waals surface area contributed by atoms with Gasteiger partial charge in [0, 0.05) is 13.0 Å². The Morgan fingerprint density at radius 3 is 1.68 bits per heavy atom. The smallest absolute Gasteiger partial charge is 0.306 e. The Kier molecular flexibility index (Phi) is 31.3. The fourth-order valence-corrected chi connectivity index (χ4v) is 6.15. The number of rotatable bonds is 34. The minimum atomic E-state index is -1.53. The van der Waals surface area contributed by atoms with Crippen LogP contribution in [0.3, 0.4) is 0 Å². The third-order valence-electron chi connectivity index (χ3n) is 9.34. The van der Waals surface area contributed by atoms with Crippen LogP contribution in [0.25, 0.3) is 0 Å². The van der Waals surface area contributed by atoms with Crippen molar-refractivity contribution in [1.82, 2.24) is 0 Å². The molecule has 1 saturated heterocycles. The van der Waals surface area contributed by atoms with E-state index in [0.29, 0.717) is 13.0 Å². The molecule has 0 aromatic heterocycles. The summed E-state index contributed by atoms with van der Waals surface area (Å²) in [4.78, 5) is 12.1. The van der Waals surface area contributed by atoms with Crippen LogP contribution in [0.15, 0.2) is 24.3 Å². The van der Waals surface area contributed by atoms with E-state index in [4.69, 9.17) is 18.9 Å². The van der Waals surface area contributed by atoms with E-state index in [9.17, 15) is 25.2 Å². The predicted molar refractivity (Wildman–Crippen MR) is 201 cm³/mol. The van der Waals surface area contributed by atoms with Crippen molar-refractivity contribution in [3.63, 3.8) is 0 Å². The van der Waals surface area contributed by atoms with Gasteiger partial charge >= 0.3 is 5.97 Å². The summed E-state index contributed by atoms with van der Waals surface area (Å²) in [5, 5.41) is 39.5. The summed E-state index contributed by atoms with van der Waals surface area (Å²) in [5.74, 6) is -0.366. The second kappa shape index (κ2) is 33.5. The Balaban J connectivity index is 1.97. The van der Waals surface area contributed by atoms with Crippen LogP contribution in [0.5, 0.6) is 0 Å². The van der Waals surface area contributed by atoms with Gasteiger partial charge in [-0.25, -0.2) is 0 Å². The number of aliphatic hydroxyl groups excluding tert-OH is 4. The van der Waals surface area contributed by atoms with Crippen molar-refractivity contribution in [3.8, 4) is 0 Å². The molecule has 1 aliphatic rings. The monoisotopic (exact) mass is 713 g/mol. The van der Waals surface area contributed by atoms with Crippen molar-refractivity contribution in [2.75, 3.05) is 26.4 Å². The van der Waals surface area contributed by atoms with Crippen LogP contribution in [0.4, 0.5) is 0 Å². The molecule has 0 bridgehead atoms. The van der Waals surface area contributed by atoms with Crippen LogP contribution in [-0.4, -0.2) is 89.6 Å². The molecule has 1 aliphatic heterocycles. The Bertz CT molecular complexity index is 818. The van der Waals surface area contributed by atoms with Crippen LogP contribution in [-0.2, 0) is 23.7 Å². The molecule has 0 aromatic rings. The number of carbonyl (C=O) groups excluding carboxylic acids is 1. The zero-order valence-electron chi connectivity index (χ0n) is 31.9. The van der Waals surface area contributed by atoms with Gasteiger partial charge in [0.2, 0.25) is 0 Å². The average Bonchev–Trinajstić information content (AvgIpc) is 3.11. The average molecular weight is 713 g/mol. The Hall–Kier alpha value is -1.33. The molecule has 0 saturated carbocycles. The second-order valence-corrected chi connectivity index (χ2v) is 14.1. The van der Waals surface area contributed by atoms with Gasteiger partial charge in [-0.1, -0.05) is 141 Å². The van der Waals surface area contributed by atoms with E-state index in [1.807, 2.05) is 6.92 Å². The molecular weight excluding hydrogens is 636 g/mol. The maximum Gasteiger partial charge on any atom is 0.306 e. The van der Waals surface area contributed by atoms with Crippen LogP contribution < -0.4 is 0 Å². The Morgan fingerprint density at radius 1 is 0.640 bits per heavy atom. The zero-order valence-corrected chi connectivity index (χ0v) is 31.9. The lowest BCUT2D eigenvalue weighted by Gasteiger charge is -2.39. The highest BCUT2D eigenvalue weighted by molar-refractivity contribution is 5.69. The van der Waals surface area contributed by atoms with E-state index in [0.717, 1.165) is 19.3 Å². The van der Waals surface area contributed by atoms with Crippen molar-refractivity contribution < 1.29 is 44.2 Å². The molecule has 6 unspecified atom stereocenters. The molecule has 1 rings (SSSR count). The van der Waals surface area contributed by atoms with Gasteiger partial charge in [-0.05, 0) is 44.9 Å². The van der Waals surface area contributed by atoms with Crippen molar-refractivity contribution >= 4 is 5.97 Å². The summed E-state index contributed by atoms with van der Waals surface area (Å²) < 4.78 is 22.2. The van der Waals surface area contributed by atoms with Crippen molar-refractivity contribution in [3.05, 3.63) is 24.3 Å². The van der Waals surface area contributed by atoms with Crippen molar-refractivity contribution in [2.45, 2.75) is 205 Å². The van der Waals surface area contributed by atoms with Gasteiger partial charge in [0.05, 0.1) is 19.8 Å². The summed E-state index contributed by atoms with van der Waals surface area (Å²) in [6.07, 6.45) is 31.0. The van der Waals surface area contributed by atoms with Crippen LogP contribution in [0, 0.1) is 0 Å². The van der Waals surface area contributed by atoms with Crippen LogP contribution in [0.2, 0.25) is 0 Å². The molecule has 1 heterocycles. The zero-order chi connectivity index (χ0) is 36.5. The Morgan fingerprint density at radius 2 is 1.16 bits per heavy atom. The van der Waals surface area contributed by atoms with Crippen LogP contribution >= 0.6 is 0 Å². The first-order valence-corrected chi connectivity index (χ1v) is 20.4. The van der Waals surface area contributed by atoms with Gasteiger partial charge in [0.1, 0.15) is 30.5 Å². The van der Waals surface area contributed by atoms with Gasteiger partial charge in [-0.3, -0.25) is 4.79 Å². The maximum absolute atomic E-state index is 12.1. The van der Waals surface area contributed by atoms with Gasteiger partial charge in [-0.15, -0.1) is 0 Å². The quantitative estimate of drug-likeness (QED) is 0.0296. The number of ether oxygens (including phenoxy) is 4. The minimum absolute atomic E-state index is 0.117. The third kappa shape index (κ3) is 24.8. The van der Waals surface area contributed by atoms with E-state index in [1.54, 1.807) is 0 Å². The lowest BCUT2D eigenvalue weighted by Crippen LogP contribution is -2.59. The minimum Gasteiger partial charge on any atom is -0.457 e. The maximum atomic E-state index is 12.1. The van der Waals surface area contributed by atoms with Crippen molar-refractivity contribution in [2.24, 2.45) is 0 Å². The topological polar surface area (TPSA) is 135 Å². The summed E-state index contributed by atoms with van der Waals surface area (Å²) in [6, 6.07) is 0. The van der Waals surface area contributed by atoms with E-state index < -0.39 is 43.4 Å². The number of hydrogen-bond acceptors (Lipinski definition) is 9. The van der Waals surface area contributed by atoms with Gasteiger partial charge in [0.25, 0.3) is 0 Å². The normalized spacial score (nSPS) is 21.8. The first kappa shape index (κ1) is 46.7. The van der Waals surface area contributed by atoms with E-state index in [2.05, 4.69) is 31.2 Å². The largest absolute Gasteiger partial charge is 0.457 e. The molecule has 0 radical (unpaired) electrons. The molecule has 6 atom stereocenters. The SMILES string of the molecule is CCCCCCC/C=C\C/C=C\CCCCCCCCCCCCCCCCOCC(COC1OC(CO)C(O)C(O)C1O)OC(=O)CCC. The molecule has 4 N–H and O–H groups in total. The van der Waals surface area contributed by atoms with E-state index in [-0.39, 0.29) is 25.6 Å². The molecule has 0 amide bonds. The fourth-order valence-electron chi connectivity index (χ4n) is 6.15. The molecule has 1 fully saturated rings. The first-order valence-electron chi connectivity index (χ1n) is 20.4. The molecule has 294 valence electrons. The highest BCUT2D eigenvalue weighted by Crippen LogP contribution is 2.22. The highest BCUT2D eigenvalue weighted by Gasteiger charge is 2.44. The number of allylic oxidation sites excluding steroid dienone is 4. The Labute approximate surface area is 305 Å². The van der Waals surface area contributed by atoms with Gasteiger partial charge in [-0.2, -0.15) is 0 Å². The fraction of sp³-hybridized carbons (Fsp3) is 0.878. The lowest BCUT2D eigenvalue weighted by atomic mass is 9.99. The molecular formula is C41H76O9. The van der Waals surface area contributed by atoms with E-state index in [1.165, 1.54) is 122 Å². The predicted octanol–water partition coefficient (Wildman–Crippen LogP) is 8.25. The molecule has 0 spiro atoms. The highest BCUT2D eigenvalue weighted by atomic mass is 16.7. The molecule has 0 aliphatic carbocycles. The van der Waals surface area contributed by atoms with E-state index >= 15 is 0 Å². The first-order chi connectivity index (χ1) is 24.4. The summed E-state index contributed by atoms with van der Waals surface area (Å²) in [5.41, 5.74) is 0. The standard InChI is InChI=1S/C41H76O9/c1-3-5-6-7-8-9-10-11-12-13-14-15-16-17-18-19-20-21-22-23-24-25-26-27-28-29-31-47-33-35(49-37(43)30-4-2)34-48-41-40(46)39(45)38(44)36(32-42)50-41/h10-11,13-14,35-36,38-42,44-46H,3-9,12,15-34H2,1-2H3/b11-10-,14-13-. The summed E-state index contributed by atoms with van der Waals surface area (Å²) in [7, 11) is 0. The van der Waals surface area contributed by atoms with Gasteiger partial charge in [0.15, 0.2) is 6.29 Å². The number of esters is 1. The summed E-state index contributed by atoms with van der Waals surface area (Å²) in [6.45, 7) is 4.19. The number of hydrogen-bond donors (Lipinski definition) is 4. The molecule has 9 heteroatoms. The lowest BCUT2D eigenvalue weighted by molar-refractivity contribution is -0.305. The number of aliphatic hydroxyl groups is 4.